The Morgan fingerprint density at radius 2 is 1.81 bits per heavy atom. The van der Waals surface area contributed by atoms with Crippen LogP contribution in [-0.2, 0) is 24.1 Å². The van der Waals surface area contributed by atoms with Gasteiger partial charge in [0.2, 0.25) is 0 Å². The number of hydrogen-bond acceptors (Lipinski definition) is 3. The molecule has 4 heteroatoms. The minimum Gasteiger partial charge on any atom is -0.508 e. The maximum absolute atomic E-state index is 11.2. The van der Waals surface area contributed by atoms with Gasteiger partial charge in [0.05, 0.1) is 6.42 Å². The van der Waals surface area contributed by atoms with E-state index in [2.05, 4.69) is 19.1 Å². The second-order valence-corrected chi connectivity index (χ2v) is 6.50. The summed E-state index contributed by atoms with van der Waals surface area (Å²) in [7, 11) is 0. The molecule has 2 rings (SSSR count). The summed E-state index contributed by atoms with van der Waals surface area (Å²) >= 11 is 0. The molecule has 26 heavy (non-hydrogen) atoms. The molecule has 0 bridgehead atoms. The number of aryl methyl sites for hydroxylation is 4. The molecule has 3 N–H and O–H groups in total. The van der Waals surface area contributed by atoms with Gasteiger partial charge in [-0.05, 0) is 72.6 Å². The van der Waals surface area contributed by atoms with Gasteiger partial charge in [-0.25, -0.2) is 0 Å². The molecule has 0 aliphatic carbocycles. The van der Waals surface area contributed by atoms with Gasteiger partial charge in [-0.1, -0.05) is 31.2 Å². The number of rotatable bonds is 7. The molecule has 0 heterocycles. The van der Waals surface area contributed by atoms with E-state index in [1.807, 2.05) is 19.9 Å². The number of phenolic OH excluding ortho intramolecular Hbond substituents is 2. The van der Waals surface area contributed by atoms with Crippen molar-refractivity contribution in [2.45, 2.75) is 46.5 Å². The average molecular weight is 354 g/mol. The third-order valence-electron chi connectivity index (χ3n) is 4.62. The first kappa shape index (κ1) is 19.6. The summed E-state index contributed by atoms with van der Waals surface area (Å²) in [5.41, 5.74) is 6.04. The number of phenols is 2. The first-order valence-corrected chi connectivity index (χ1v) is 8.86. The van der Waals surface area contributed by atoms with Crippen LogP contribution in [0.3, 0.4) is 0 Å². The van der Waals surface area contributed by atoms with Crippen molar-refractivity contribution in [3.8, 4) is 11.5 Å². The minimum atomic E-state index is -0.827. The van der Waals surface area contributed by atoms with E-state index in [0.29, 0.717) is 6.42 Å². The van der Waals surface area contributed by atoms with E-state index < -0.39 is 5.97 Å². The smallest absolute Gasteiger partial charge is 0.307 e. The van der Waals surface area contributed by atoms with E-state index in [4.69, 9.17) is 5.11 Å². The zero-order valence-corrected chi connectivity index (χ0v) is 15.5. The Hall–Kier alpha value is -2.75. The zero-order valence-electron chi connectivity index (χ0n) is 15.5. The lowest BCUT2D eigenvalue weighted by atomic mass is 9.88. The summed E-state index contributed by atoms with van der Waals surface area (Å²) in [4.78, 5) is 11.2. The van der Waals surface area contributed by atoms with E-state index in [0.717, 1.165) is 46.2 Å². The molecule has 0 amide bonds. The van der Waals surface area contributed by atoms with Crippen molar-refractivity contribution in [3.05, 3.63) is 64.2 Å². The Morgan fingerprint density at radius 1 is 1.08 bits per heavy atom. The molecule has 0 unspecified atom stereocenters. The first-order chi connectivity index (χ1) is 12.3. The van der Waals surface area contributed by atoms with Crippen molar-refractivity contribution in [1.82, 2.24) is 0 Å². The molecule has 0 saturated carbocycles. The van der Waals surface area contributed by atoms with Crippen LogP contribution in [0, 0.1) is 6.92 Å². The van der Waals surface area contributed by atoms with Crippen molar-refractivity contribution in [2.24, 2.45) is 0 Å². The van der Waals surface area contributed by atoms with Crippen LogP contribution in [-0.4, -0.2) is 21.3 Å². The Bertz CT molecular complexity index is 834. The fourth-order valence-electron chi connectivity index (χ4n) is 3.36. The van der Waals surface area contributed by atoms with Gasteiger partial charge >= 0.3 is 5.97 Å². The molecule has 0 fully saturated rings. The van der Waals surface area contributed by atoms with Crippen LogP contribution in [0.2, 0.25) is 0 Å². The van der Waals surface area contributed by atoms with Crippen LogP contribution in [0.15, 0.2) is 36.4 Å². The number of carboxylic acid groups (broad SMARTS) is 1. The van der Waals surface area contributed by atoms with Crippen molar-refractivity contribution < 1.29 is 20.1 Å². The topological polar surface area (TPSA) is 77.8 Å². The van der Waals surface area contributed by atoms with Crippen LogP contribution in [0.5, 0.6) is 11.5 Å². The summed E-state index contributed by atoms with van der Waals surface area (Å²) < 4.78 is 0. The minimum absolute atomic E-state index is 0.0189. The normalized spacial score (nSPS) is 11.6. The molecule has 0 spiro atoms. The molecule has 0 aliphatic heterocycles. The highest BCUT2D eigenvalue weighted by Gasteiger charge is 2.14. The molecule has 0 saturated heterocycles. The Labute approximate surface area is 154 Å². The average Bonchev–Trinajstić information content (AvgIpc) is 2.58. The molecule has 4 nitrogen and oxygen atoms in total. The Kier molecular flexibility index (Phi) is 6.45. The SMILES string of the molecule is C/C=C(/CC(=O)O)c1c(C)cc(CCc2ccc(O)cc2O)cc1CC. The maximum atomic E-state index is 11.2. The van der Waals surface area contributed by atoms with E-state index in [1.165, 1.54) is 6.07 Å². The molecule has 0 radical (unpaired) electrons. The van der Waals surface area contributed by atoms with Crippen molar-refractivity contribution in [3.63, 3.8) is 0 Å². The van der Waals surface area contributed by atoms with Gasteiger partial charge in [0.25, 0.3) is 0 Å². The maximum Gasteiger partial charge on any atom is 0.307 e. The van der Waals surface area contributed by atoms with Gasteiger partial charge < -0.3 is 15.3 Å². The lowest BCUT2D eigenvalue weighted by molar-refractivity contribution is -0.135. The van der Waals surface area contributed by atoms with Crippen LogP contribution in [0.25, 0.3) is 5.57 Å². The number of carboxylic acids is 1. The summed E-state index contributed by atoms with van der Waals surface area (Å²) in [6.45, 7) is 5.96. The van der Waals surface area contributed by atoms with E-state index in [1.54, 1.807) is 12.1 Å². The van der Waals surface area contributed by atoms with Gasteiger partial charge in [0, 0.05) is 6.07 Å². The summed E-state index contributed by atoms with van der Waals surface area (Å²) in [6.07, 6.45) is 4.15. The fourth-order valence-corrected chi connectivity index (χ4v) is 3.36. The quantitative estimate of drug-likeness (QED) is 0.677. The number of allylic oxidation sites excluding steroid dienone is 1. The van der Waals surface area contributed by atoms with Crippen molar-refractivity contribution >= 4 is 11.5 Å². The number of hydrogen-bond donors (Lipinski definition) is 3. The van der Waals surface area contributed by atoms with Gasteiger partial charge in [0.1, 0.15) is 11.5 Å². The van der Waals surface area contributed by atoms with Crippen LogP contribution in [0.1, 0.15) is 48.1 Å². The predicted octanol–water partition coefficient (Wildman–Crippen LogP) is 4.63. The molecule has 0 atom stereocenters. The summed E-state index contributed by atoms with van der Waals surface area (Å²) in [5, 5.41) is 28.5. The highest BCUT2D eigenvalue weighted by molar-refractivity contribution is 5.85. The summed E-state index contributed by atoms with van der Waals surface area (Å²) in [5.74, 6) is -0.671. The lowest BCUT2D eigenvalue weighted by Gasteiger charge is -2.17. The molecule has 0 aliphatic rings. The second-order valence-electron chi connectivity index (χ2n) is 6.50. The largest absolute Gasteiger partial charge is 0.508 e. The van der Waals surface area contributed by atoms with E-state index in [-0.39, 0.29) is 17.9 Å². The highest BCUT2D eigenvalue weighted by Crippen LogP contribution is 2.29. The van der Waals surface area contributed by atoms with Crippen LogP contribution < -0.4 is 0 Å². The van der Waals surface area contributed by atoms with Crippen molar-refractivity contribution in [2.75, 3.05) is 0 Å². The number of aliphatic carboxylic acids is 1. The van der Waals surface area contributed by atoms with Gasteiger partial charge in [-0.3, -0.25) is 4.79 Å². The molecular weight excluding hydrogens is 328 g/mol. The first-order valence-electron chi connectivity index (χ1n) is 8.86. The van der Waals surface area contributed by atoms with Gasteiger partial charge in [-0.2, -0.15) is 0 Å². The molecule has 2 aromatic carbocycles. The second kappa shape index (κ2) is 8.56. The van der Waals surface area contributed by atoms with Gasteiger partial charge in [0.15, 0.2) is 0 Å². The van der Waals surface area contributed by atoms with Crippen LogP contribution in [0.4, 0.5) is 0 Å². The van der Waals surface area contributed by atoms with Crippen LogP contribution >= 0.6 is 0 Å². The standard InChI is InChI=1S/C22H26O4/c1-4-16-11-15(6-7-18-8-9-19(23)13-20(18)24)10-14(3)22(16)17(5-2)12-21(25)26/h5,8-11,13,23-24H,4,6-7,12H2,1-3H3,(H,25,26)/b17-5-. The van der Waals surface area contributed by atoms with E-state index >= 15 is 0 Å². The fraction of sp³-hybridized carbons (Fsp3) is 0.318. The number of carbonyl (C=O) groups is 1. The lowest BCUT2D eigenvalue weighted by Crippen LogP contribution is -2.04. The van der Waals surface area contributed by atoms with Gasteiger partial charge in [-0.15, -0.1) is 0 Å². The summed E-state index contributed by atoms with van der Waals surface area (Å²) in [6, 6.07) is 8.89. The highest BCUT2D eigenvalue weighted by atomic mass is 16.4. The number of benzene rings is 2. The van der Waals surface area contributed by atoms with Crippen molar-refractivity contribution in [1.29, 1.82) is 0 Å². The Morgan fingerprint density at radius 3 is 2.38 bits per heavy atom. The molecule has 2 aromatic rings. The third kappa shape index (κ3) is 4.66. The zero-order chi connectivity index (χ0) is 19.3. The predicted molar refractivity (Wildman–Crippen MR) is 104 cm³/mol. The monoisotopic (exact) mass is 354 g/mol. The Balaban J connectivity index is 2.29. The molecule has 138 valence electrons. The number of aromatic hydroxyl groups is 2. The van der Waals surface area contributed by atoms with E-state index in [9.17, 15) is 15.0 Å². The molecular formula is C22H26O4. The molecule has 0 aromatic heterocycles. The third-order valence-corrected chi connectivity index (χ3v) is 4.62.